The minimum Gasteiger partial charge on any atom is -0.365 e. The molecule has 1 atom stereocenters. The van der Waals surface area contributed by atoms with Crippen LogP contribution in [0.3, 0.4) is 0 Å². The van der Waals surface area contributed by atoms with Crippen LogP contribution in [0.4, 0.5) is 14.5 Å². The second-order valence-corrected chi connectivity index (χ2v) is 7.61. The SMILES string of the molecule is CN=C(NCc1nc(C)c(C)s1)NC1CCN(c2c(F)cccc2F)C1. The maximum absolute atomic E-state index is 14.0. The summed E-state index contributed by atoms with van der Waals surface area (Å²) >= 11 is 1.66. The predicted octanol–water partition coefficient (Wildman–Crippen LogP) is 2.98. The highest BCUT2D eigenvalue weighted by molar-refractivity contribution is 7.11. The van der Waals surface area contributed by atoms with Crippen molar-refractivity contribution < 1.29 is 8.78 Å². The van der Waals surface area contributed by atoms with Crippen molar-refractivity contribution in [2.24, 2.45) is 4.99 Å². The Bertz CT molecular complexity index is 765. The molecule has 0 aliphatic carbocycles. The van der Waals surface area contributed by atoms with Crippen molar-refractivity contribution in [1.82, 2.24) is 15.6 Å². The van der Waals surface area contributed by atoms with E-state index in [2.05, 4.69) is 27.5 Å². The van der Waals surface area contributed by atoms with E-state index >= 15 is 0 Å². The lowest BCUT2D eigenvalue weighted by atomic mass is 10.2. The van der Waals surface area contributed by atoms with Gasteiger partial charge in [-0.05, 0) is 32.4 Å². The molecule has 2 heterocycles. The number of hydrogen-bond donors (Lipinski definition) is 2. The molecule has 1 aromatic carbocycles. The van der Waals surface area contributed by atoms with Crippen LogP contribution in [0, 0.1) is 25.5 Å². The molecule has 1 saturated heterocycles. The number of aromatic nitrogens is 1. The summed E-state index contributed by atoms with van der Waals surface area (Å²) in [7, 11) is 1.71. The average molecular weight is 379 g/mol. The molecule has 1 unspecified atom stereocenters. The number of halogens is 2. The van der Waals surface area contributed by atoms with Gasteiger partial charge in [0.15, 0.2) is 5.96 Å². The molecule has 1 aliphatic heterocycles. The van der Waals surface area contributed by atoms with E-state index in [1.54, 1.807) is 23.3 Å². The Kier molecular flexibility index (Phi) is 5.70. The fourth-order valence-corrected chi connectivity index (χ4v) is 3.91. The first-order valence-electron chi connectivity index (χ1n) is 8.57. The largest absolute Gasteiger partial charge is 0.365 e. The third-order valence-electron chi connectivity index (χ3n) is 4.49. The number of nitrogens with zero attached hydrogens (tertiary/aromatic N) is 3. The lowest BCUT2D eigenvalue weighted by molar-refractivity contribution is 0.576. The lowest BCUT2D eigenvalue weighted by Crippen LogP contribution is -2.44. The van der Waals surface area contributed by atoms with Crippen molar-refractivity contribution in [2.45, 2.75) is 32.9 Å². The number of para-hydroxylation sites is 1. The molecule has 1 aliphatic rings. The van der Waals surface area contributed by atoms with Crippen LogP contribution < -0.4 is 15.5 Å². The molecule has 2 aromatic rings. The van der Waals surface area contributed by atoms with Gasteiger partial charge in [-0.3, -0.25) is 4.99 Å². The molecular weight excluding hydrogens is 356 g/mol. The van der Waals surface area contributed by atoms with Gasteiger partial charge in [-0.1, -0.05) is 6.07 Å². The van der Waals surface area contributed by atoms with Gasteiger partial charge in [0.1, 0.15) is 22.3 Å². The van der Waals surface area contributed by atoms with Gasteiger partial charge in [0.2, 0.25) is 0 Å². The molecule has 2 N–H and O–H groups in total. The van der Waals surface area contributed by atoms with Gasteiger partial charge < -0.3 is 15.5 Å². The lowest BCUT2D eigenvalue weighted by Gasteiger charge is -2.21. The number of thiazole rings is 1. The maximum Gasteiger partial charge on any atom is 0.191 e. The van der Waals surface area contributed by atoms with Gasteiger partial charge in [0, 0.05) is 31.1 Å². The molecule has 140 valence electrons. The van der Waals surface area contributed by atoms with Crippen molar-refractivity contribution >= 4 is 23.0 Å². The van der Waals surface area contributed by atoms with Crippen LogP contribution in [0.5, 0.6) is 0 Å². The number of anilines is 1. The Labute approximate surface area is 156 Å². The van der Waals surface area contributed by atoms with Gasteiger partial charge in [-0.2, -0.15) is 0 Å². The van der Waals surface area contributed by atoms with Crippen molar-refractivity contribution in [3.8, 4) is 0 Å². The first-order chi connectivity index (χ1) is 12.5. The Balaban J connectivity index is 1.56. The summed E-state index contributed by atoms with van der Waals surface area (Å²) in [6.07, 6.45) is 0.782. The molecule has 0 bridgehead atoms. The molecule has 8 heteroatoms. The van der Waals surface area contributed by atoms with E-state index in [-0.39, 0.29) is 11.7 Å². The molecule has 0 saturated carbocycles. The van der Waals surface area contributed by atoms with Gasteiger partial charge in [-0.25, -0.2) is 13.8 Å². The molecule has 0 radical (unpaired) electrons. The Morgan fingerprint density at radius 2 is 2.08 bits per heavy atom. The van der Waals surface area contributed by atoms with E-state index in [1.165, 1.54) is 23.1 Å². The standard InChI is InChI=1S/C18H23F2N5S/c1-11-12(2)26-16(23-11)9-22-18(21-3)24-13-7-8-25(10-13)17-14(19)5-4-6-15(17)20/h4-6,13H,7-10H2,1-3H3,(H2,21,22,24). The highest BCUT2D eigenvalue weighted by Crippen LogP contribution is 2.26. The zero-order valence-corrected chi connectivity index (χ0v) is 16.0. The van der Waals surface area contributed by atoms with Crippen LogP contribution in [0.15, 0.2) is 23.2 Å². The zero-order chi connectivity index (χ0) is 18.7. The van der Waals surface area contributed by atoms with E-state index in [4.69, 9.17) is 0 Å². The van der Waals surface area contributed by atoms with Crippen LogP contribution >= 0.6 is 11.3 Å². The summed E-state index contributed by atoms with van der Waals surface area (Å²) in [6, 6.07) is 4.03. The van der Waals surface area contributed by atoms with Crippen molar-refractivity contribution in [1.29, 1.82) is 0 Å². The smallest absolute Gasteiger partial charge is 0.191 e. The Morgan fingerprint density at radius 3 is 2.69 bits per heavy atom. The van der Waals surface area contributed by atoms with Crippen LogP contribution in [-0.4, -0.2) is 37.1 Å². The average Bonchev–Trinajstić information content (AvgIpc) is 3.18. The number of hydrogen-bond acceptors (Lipinski definition) is 4. The quantitative estimate of drug-likeness (QED) is 0.633. The van der Waals surface area contributed by atoms with Crippen LogP contribution in [0.2, 0.25) is 0 Å². The maximum atomic E-state index is 14.0. The van der Waals surface area contributed by atoms with E-state index in [9.17, 15) is 8.78 Å². The van der Waals surface area contributed by atoms with E-state index in [0.29, 0.717) is 25.6 Å². The van der Waals surface area contributed by atoms with Crippen LogP contribution in [0.1, 0.15) is 22.0 Å². The summed E-state index contributed by atoms with van der Waals surface area (Å²) in [5.41, 5.74) is 1.10. The summed E-state index contributed by atoms with van der Waals surface area (Å²) in [5, 5.41) is 7.58. The second-order valence-electron chi connectivity index (χ2n) is 6.32. The van der Waals surface area contributed by atoms with Gasteiger partial charge >= 0.3 is 0 Å². The van der Waals surface area contributed by atoms with Gasteiger partial charge in [0.05, 0.1) is 12.2 Å². The van der Waals surface area contributed by atoms with Gasteiger partial charge in [0.25, 0.3) is 0 Å². The monoisotopic (exact) mass is 379 g/mol. The van der Waals surface area contributed by atoms with Crippen molar-refractivity contribution in [3.05, 3.63) is 45.4 Å². The summed E-state index contributed by atoms with van der Waals surface area (Å²) in [5.74, 6) is -0.387. The normalized spacial score (nSPS) is 17.7. The second kappa shape index (κ2) is 7.99. The minimum atomic E-state index is -0.525. The topological polar surface area (TPSA) is 52.6 Å². The van der Waals surface area contributed by atoms with Crippen LogP contribution in [0.25, 0.3) is 0 Å². The van der Waals surface area contributed by atoms with E-state index in [0.717, 1.165) is 17.1 Å². The van der Waals surface area contributed by atoms with E-state index in [1.807, 2.05) is 6.92 Å². The number of rotatable bonds is 4. The molecule has 3 rings (SSSR count). The minimum absolute atomic E-state index is 0.0495. The third kappa shape index (κ3) is 4.12. The first kappa shape index (κ1) is 18.6. The number of guanidine groups is 1. The number of aliphatic imine (C=N–C) groups is 1. The molecule has 0 spiro atoms. The number of nitrogens with one attached hydrogen (secondary N) is 2. The predicted molar refractivity (Wildman–Crippen MR) is 102 cm³/mol. The first-order valence-corrected chi connectivity index (χ1v) is 9.38. The molecule has 5 nitrogen and oxygen atoms in total. The summed E-state index contributed by atoms with van der Waals surface area (Å²) in [4.78, 5) is 11.7. The molecular formula is C18H23F2N5S. The Hall–Kier alpha value is -2.22. The van der Waals surface area contributed by atoms with Gasteiger partial charge in [-0.15, -0.1) is 11.3 Å². The zero-order valence-electron chi connectivity index (χ0n) is 15.1. The molecule has 26 heavy (non-hydrogen) atoms. The fourth-order valence-electron chi connectivity index (χ4n) is 3.03. The third-order valence-corrected chi connectivity index (χ3v) is 5.56. The highest BCUT2D eigenvalue weighted by Gasteiger charge is 2.27. The molecule has 1 fully saturated rings. The molecule has 0 amide bonds. The summed E-state index contributed by atoms with van der Waals surface area (Å²) in [6.45, 7) is 5.76. The summed E-state index contributed by atoms with van der Waals surface area (Å²) < 4.78 is 27.9. The highest BCUT2D eigenvalue weighted by atomic mass is 32.1. The Morgan fingerprint density at radius 1 is 1.35 bits per heavy atom. The van der Waals surface area contributed by atoms with Crippen molar-refractivity contribution in [2.75, 3.05) is 25.0 Å². The molecule has 1 aromatic heterocycles. The fraction of sp³-hybridized carbons (Fsp3) is 0.444. The van der Waals surface area contributed by atoms with E-state index < -0.39 is 11.6 Å². The van der Waals surface area contributed by atoms with Crippen LogP contribution in [-0.2, 0) is 6.54 Å². The van der Waals surface area contributed by atoms with Crippen molar-refractivity contribution in [3.63, 3.8) is 0 Å². The number of aryl methyl sites for hydroxylation is 2. The number of benzene rings is 1.